The molecule has 0 N–H and O–H groups in total. The summed E-state index contributed by atoms with van der Waals surface area (Å²) in [4.78, 5) is 2.29. The van der Waals surface area contributed by atoms with E-state index in [2.05, 4.69) is 41.0 Å². The molecule has 0 amide bonds. The van der Waals surface area contributed by atoms with Crippen LogP contribution < -0.4 is 0 Å². The maximum absolute atomic E-state index is 5.92. The Bertz CT molecular complexity index is 808. The molecule has 0 fully saturated rings. The Balaban J connectivity index is 1.87. The van der Waals surface area contributed by atoms with Crippen molar-refractivity contribution in [3.63, 3.8) is 0 Å². The number of rotatable bonds is 7. The third-order valence-electron chi connectivity index (χ3n) is 4.02. The van der Waals surface area contributed by atoms with Crippen LogP contribution in [0.15, 0.2) is 39.3 Å². The van der Waals surface area contributed by atoms with Gasteiger partial charge in [0.1, 0.15) is 17.0 Å². The van der Waals surface area contributed by atoms with E-state index >= 15 is 0 Å². The highest BCUT2D eigenvalue weighted by Crippen LogP contribution is 2.33. The Morgan fingerprint density at radius 3 is 2.56 bits per heavy atom. The first-order valence-corrected chi connectivity index (χ1v) is 8.65. The lowest BCUT2D eigenvalue weighted by atomic mass is 10.1. The summed E-state index contributed by atoms with van der Waals surface area (Å²) >= 11 is 0. The maximum atomic E-state index is 5.92. The van der Waals surface area contributed by atoms with Crippen LogP contribution in [0.2, 0.25) is 0 Å². The van der Waals surface area contributed by atoms with Crippen LogP contribution >= 0.6 is 0 Å². The van der Waals surface area contributed by atoms with Gasteiger partial charge < -0.3 is 8.94 Å². The minimum Gasteiger partial charge on any atom is -0.419 e. The second kappa shape index (κ2) is 7.61. The minimum atomic E-state index is 0.452. The van der Waals surface area contributed by atoms with Crippen LogP contribution in [0.3, 0.4) is 0 Å². The first-order chi connectivity index (χ1) is 12.1. The van der Waals surface area contributed by atoms with Crippen molar-refractivity contribution in [2.45, 2.75) is 34.2 Å². The Hall–Kier alpha value is -2.47. The Kier molecular flexibility index (Phi) is 5.28. The molecule has 0 aliphatic rings. The van der Waals surface area contributed by atoms with Gasteiger partial charge in [-0.3, -0.25) is 4.90 Å². The van der Waals surface area contributed by atoms with Crippen molar-refractivity contribution in [2.24, 2.45) is 5.92 Å². The predicted octanol–water partition coefficient (Wildman–Crippen LogP) is 4.18. The van der Waals surface area contributed by atoms with Gasteiger partial charge in [0.05, 0.1) is 6.54 Å². The smallest absolute Gasteiger partial charge is 0.253 e. The van der Waals surface area contributed by atoms with E-state index in [1.54, 1.807) is 0 Å². The number of hydrogen-bond donors (Lipinski definition) is 0. The van der Waals surface area contributed by atoms with Gasteiger partial charge in [-0.1, -0.05) is 56.3 Å². The molecule has 0 aliphatic heterocycles. The fourth-order valence-electron chi connectivity index (χ4n) is 2.85. The molecule has 6 nitrogen and oxygen atoms in total. The van der Waals surface area contributed by atoms with Crippen molar-refractivity contribution in [2.75, 3.05) is 13.1 Å². The van der Waals surface area contributed by atoms with E-state index in [1.165, 1.54) is 0 Å². The molecule has 0 bridgehead atoms. The van der Waals surface area contributed by atoms with Crippen molar-refractivity contribution < 1.29 is 8.94 Å². The van der Waals surface area contributed by atoms with Crippen molar-refractivity contribution >= 4 is 0 Å². The van der Waals surface area contributed by atoms with Gasteiger partial charge in [-0.2, -0.15) is 0 Å². The van der Waals surface area contributed by atoms with Gasteiger partial charge in [-0.05, 0) is 19.4 Å². The molecule has 0 unspecified atom stereocenters. The minimum absolute atomic E-state index is 0.452. The molecular weight excluding hydrogens is 316 g/mol. The second-order valence-electron chi connectivity index (χ2n) is 6.55. The van der Waals surface area contributed by atoms with Gasteiger partial charge in [0.15, 0.2) is 0 Å². The zero-order chi connectivity index (χ0) is 17.8. The third kappa shape index (κ3) is 3.96. The van der Waals surface area contributed by atoms with Crippen molar-refractivity contribution in [1.82, 2.24) is 20.3 Å². The molecule has 1 aromatic carbocycles. The molecule has 3 aromatic rings. The van der Waals surface area contributed by atoms with Gasteiger partial charge in [-0.25, -0.2) is 0 Å². The van der Waals surface area contributed by atoms with Crippen LogP contribution in [-0.4, -0.2) is 33.3 Å². The molecule has 2 heterocycles. The molecular formula is C19H24N4O2. The van der Waals surface area contributed by atoms with Gasteiger partial charge >= 0.3 is 0 Å². The first-order valence-electron chi connectivity index (χ1n) is 8.65. The molecule has 6 heteroatoms. The van der Waals surface area contributed by atoms with E-state index in [4.69, 9.17) is 8.94 Å². The zero-order valence-electron chi connectivity index (χ0n) is 15.2. The second-order valence-corrected chi connectivity index (χ2v) is 6.55. The molecule has 2 aromatic heterocycles. The van der Waals surface area contributed by atoms with Gasteiger partial charge in [-0.15, -0.1) is 10.2 Å². The topological polar surface area (TPSA) is 68.2 Å². The summed E-state index contributed by atoms with van der Waals surface area (Å²) in [5, 5.41) is 12.6. The van der Waals surface area contributed by atoms with E-state index in [9.17, 15) is 0 Å². The summed E-state index contributed by atoms with van der Waals surface area (Å²) in [6.45, 7) is 11.0. The van der Waals surface area contributed by atoms with Gasteiger partial charge in [0.25, 0.3) is 5.89 Å². The third-order valence-corrected chi connectivity index (χ3v) is 4.02. The molecule has 0 radical (unpaired) electrons. The summed E-state index contributed by atoms with van der Waals surface area (Å²) in [7, 11) is 0. The molecule has 0 atom stereocenters. The van der Waals surface area contributed by atoms with Crippen molar-refractivity contribution in [1.29, 1.82) is 0 Å². The fourth-order valence-corrected chi connectivity index (χ4v) is 2.85. The van der Waals surface area contributed by atoms with Gasteiger partial charge in [0, 0.05) is 12.1 Å². The number of aryl methyl sites for hydroxylation is 1. The largest absolute Gasteiger partial charge is 0.419 e. The Morgan fingerprint density at radius 2 is 1.88 bits per heavy atom. The number of benzene rings is 1. The van der Waals surface area contributed by atoms with Crippen molar-refractivity contribution in [3.05, 3.63) is 42.0 Å². The predicted molar refractivity (Wildman–Crippen MR) is 95.8 cm³/mol. The Morgan fingerprint density at radius 1 is 1.12 bits per heavy atom. The lowest BCUT2D eigenvalue weighted by molar-refractivity contribution is 0.226. The summed E-state index contributed by atoms with van der Waals surface area (Å²) in [6.07, 6.45) is 0. The molecule has 0 saturated heterocycles. The number of nitrogens with zero attached hydrogens (tertiary/aromatic N) is 4. The molecule has 3 rings (SSSR count). The van der Waals surface area contributed by atoms with Crippen LogP contribution in [0.1, 0.15) is 32.4 Å². The number of hydrogen-bond acceptors (Lipinski definition) is 6. The lowest BCUT2D eigenvalue weighted by Gasteiger charge is -2.20. The van der Waals surface area contributed by atoms with Crippen molar-refractivity contribution in [3.8, 4) is 22.7 Å². The van der Waals surface area contributed by atoms with Crippen LogP contribution in [0.25, 0.3) is 22.7 Å². The first kappa shape index (κ1) is 17.4. The molecule has 132 valence electrons. The summed E-state index contributed by atoms with van der Waals surface area (Å²) < 4.78 is 11.3. The molecule has 25 heavy (non-hydrogen) atoms. The fraction of sp³-hybridized carbons (Fsp3) is 0.421. The summed E-state index contributed by atoms with van der Waals surface area (Å²) in [6, 6.07) is 9.87. The summed E-state index contributed by atoms with van der Waals surface area (Å²) in [5.74, 6) is 2.32. The molecule has 0 spiro atoms. The zero-order valence-corrected chi connectivity index (χ0v) is 15.2. The highest BCUT2D eigenvalue weighted by molar-refractivity contribution is 5.77. The SMILES string of the molecule is CCN(Cc1nnc(-c2c(-c3ccccc3)noc2C)o1)CC(C)C. The van der Waals surface area contributed by atoms with E-state index in [-0.39, 0.29) is 0 Å². The van der Waals surface area contributed by atoms with E-state index in [0.717, 1.165) is 29.9 Å². The van der Waals surface area contributed by atoms with Crippen LogP contribution in [0.4, 0.5) is 0 Å². The lowest BCUT2D eigenvalue weighted by Crippen LogP contribution is -2.27. The average molecular weight is 340 g/mol. The number of aromatic nitrogens is 3. The van der Waals surface area contributed by atoms with Gasteiger partial charge in [0.2, 0.25) is 5.89 Å². The molecule has 0 saturated carbocycles. The van der Waals surface area contributed by atoms with E-state index in [0.29, 0.717) is 30.0 Å². The summed E-state index contributed by atoms with van der Waals surface area (Å²) in [5.41, 5.74) is 2.45. The standard InChI is InChI=1S/C19H24N4O2/c1-5-23(11-13(2)3)12-16-20-21-19(24-16)17-14(4)25-22-18(17)15-9-7-6-8-10-15/h6-10,13H,5,11-12H2,1-4H3. The highest BCUT2D eigenvalue weighted by Gasteiger charge is 2.22. The van der Waals surface area contributed by atoms with E-state index in [1.807, 2.05) is 37.3 Å². The quantitative estimate of drug-likeness (QED) is 0.643. The van der Waals surface area contributed by atoms with Crippen LogP contribution in [0.5, 0.6) is 0 Å². The van der Waals surface area contributed by atoms with Crippen LogP contribution in [0, 0.1) is 12.8 Å². The molecule has 0 aliphatic carbocycles. The normalized spacial score (nSPS) is 11.6. The van der Waals surface area contributed by atoms with E-state index < -0.39 is 0 Å². The average Bonchev–Trinajstić information content (AvgIpc) is 3.20. The monoisotopic (exact) mass is 340 g/mol. The maximum Gasteiger partial charge on any atom is 0.253 e. The Labute approximate surface area is 147 Å². The van der Waals surface area contributed by atoms with Crippen LogP contribution in [-0.2, 0) is 6.54 Å². The highest BCUT2D eigenvalue weighted by atomic mass is 16.5.